The molecule has 0 bridgehead atoms. The van der Waals surface area contributed by atoms with Crippen molar-refractivity contribution in [3.8, 4) is 29.0 Å². The fourth-order valence-corrected chi connectivity index (χ4v) is 4.89. The van der Waals surface area contributed by atoms with E-state index in [1.54, 1.807) is 55.6 Å². The molecule has 0 amide bonds. The van der Waals surface area contributed by atoms with Gasteiger partial charge < -0.3 is 9.47 Å². The van der Waals surface area contributed by atoms with Gasteiger partial charge in [-0.1, -0.05) is 44.2 Å². The van der Waals surface area contributed by atoms with Gasteiger partial charge in [-0.25, -0.2) is 4.98 Å². The molecular formula is C34H29N5O5. The van der Waals surface area contributed by atoms with E-state index in [1.807, 2.05) is 25.1 Å². The maximum Gasteiger partial charge on any atom is 0.311 e. The third-order valence-corrected chi connectivity index (χ3v) is 7.22. The number of aryl methyl sites for hydroxylation is 1. The molecule has 0 saturated heterocycles. The quantitative estimate of drug-likeness (QED) is 0.106. The molecule has 10 nitrogen and oxygen atoms in total. The molecule has 0 radical (unpaired) electrons. The highest BCUT2D eigenvalue weighted by Crippen LogP contribution is 2.34. The van der Waals surface area contributed by atoms with Gasteiger partial charge in [-0.2, -0.15) is 15.0 Å². The number of nitro benzene ring substituents is 1. The van der Waals surface area contributed by atoms with Gasteiger partial charge in [-0.3, -0.25) is 14.9 Å². The van der Waals surface area contributed by atoms with E-state index in [0.717, 1.165) is 16.9 Å². The lowest BCUT2D eigenvalue weighted by Gasteiger charge is -2.17. The second kappa shape index (κ2) is 12.6. The molecule has 1 heterocycles. The van der Waals surface area contributed by atoms with Crippen LogP contribution in [0.1, 0.15) is 47.6 Å². The minimum atomic E-state index is -0.549. The molecule has 0 aliphatic carbocycles. The fraction of sp³-hybridized carbons (Fsp3) is 0.176. The van der Waals surface area contributed by atoms with Crippen LogP contribution in [0.2, 0.25) is 0 Å². The van der Waals surface area contributed by atoms with Gasteiger partial charge in [-0.15, -0.1) is 0 Å². The molecule has 5 rings (SSSR count). The topological polar surface area (TPSA) is 133 Å². The lowest BCUT2D eigenvalue weighted by molar-refractivity contribution is -0.385. The Morgan fingerprint density at radius 1 is 1.07 bits per heavy atom. The lowest BCUT2D eigenvalue weighted by atomic mass is 9.96. The Hall–Kier alpha value is -5.82. The SMILES string of the molecule is COc1cc(C)c(-c2nc3ccccc3c(=O)n2N=Cc2ccc(OCc3ccccc3C#N)c([N+](=O)[O-])c2)cc1C(C)C. The van der Waals surface area contributed by atoms with Crippen molar-refractivity contribution >= 4 is 22.8 Å². The number of nitrogens with zero attached hydrogens (tertiary/aromatic N) is 5. The highest BCUT2D eigenvalue weighted by Gasteiger charge is 2.19. The molecule has 5 aromatic rings. The Balaban J connectivity index is 1.58. The van der Waals surface area contributed by atoms with E-state index in [4.69, 9.17) is 14.5 Å². The van der Waals surface area contributed by atoms with Crippen LogP contribution in [0.25, 0.3) is 22.3 Å². The van der Waals surface area contributed by atoms with Crippen molar-refractivity contribution in [3.05, 3.63) is 127 Å². The largest absolute Gasteiger partial charge is 0.496 e. The molecule has 1 aromatic heterocycles. The van der Waals surface area contributed by atoms with E-state index in [9.17, 15) is 20.2 Å². The summed E-state index contributed by atoms with van der Waals surface area (Å²) >= 11 is 0. The van der Waals surface area contributed by atoms with Crippen LogP contribution in [-0.4, -0.2) is 27.9 Å². The molecule has 44 heavy (non-hydrogen) atoms. The van der Waals surface area contributed by atoms with Crippen molar-refractivity contribution in [3.63, 3.8) is 0 Å². The Morgan fingerprint density at radius 2 is 1.82 bits per heavy atom. The Labute approximate surface area is 253 Å². The van der Waals surface area contributed by atoms with E-state index in [-0.39, 0.29) is 29.5 Å². The number of hydrogen-bond donors (Lipinski definition) is 0. The predicted molar refractivity (Wildman–Crippen MR) is 168 cm³/mol. The van der Waals surface area contributed by atoms with Crippen LogP contribution in [0.5, 0.6) is 11.5 Å². The summed E-state index contributed by atoms with van der Waals surface area (Å²) in [4.78, 5) is 30.0. The summed E-state index contributed by atoms with van der Waals surface area (Å²) in [6.07, 6.45) is 1.38. The summed E-state index contributed by atoms with van der Waals surface area (Å²) in [6.45, 7) is 6.00. The van der Waals surface area contributed by atoms with Crippen LogP contribution in [0.3, 0.4) is 0 Å². The van der Waals surface area contributed by atoms with E-state index >= 15 is 0 Å². The van der Waals surface area contributed by atoms with Crippen molar-refractivity contribution in [2.75, 3.05) is 7.11 Å². The zero-order chi connectivity index (χ0) is 31.4. The van der Waals surface area contributed by atoms with E-state index in [0.29, 0.717) is 39.0 Å². The molecule has 220 valence electrons. The fourth-order valence-electron chi connectivity index (χ4n) is 4.89. The Morgan fingerprint density at radius 3 is 2.55 bits per heavy atom. The van der Waals surface area contributed by atoms with Crippen molar-refractivity contribution in [1.29, 1.82) is 5.26 Å². The maximum absolute atomic E-state index is 13.7. The van der Waals surface area contributed by atoms with Gasteiger partial charge in [0, 0.05) is 22.8 Å². The highest BCUT2D eigenvalue weighted by atomic mass is 16.6. The zero-order valence-corrected chi connectivity index (χ0v) is 24.6. The number of nitro groups is 1. The first-order chi connectivity index (χ1) is 21.2. The summed E-state index contributed by atoms with van der Waals surface area (Å²) in [5.41, 5.74) is 3.78. The summed E-state index contributed by atoms with van der Waals surface area (Å²) in [5.74, 6) is 1.26. The van der Waals surface area contributed by atoms with Crippen LogP contribution < -0.4 is 15.0 Å². The average Bonchev–Trinajstić information content (AvgIpc) is 3.03. The molecule has 0 fully saturated rings. The van der Waals surface area contributed by atoms with Gasteiger partial charge in [0.15, 0.2) is 11.6 Å². The first-order valence-electron chi connectivity index (χ1n) is 13.9. The van der Waals surface area contributed by atoms with Crippen molar-refractivity contribution < 1.29 is 14.4 Å². The lowest BCUT2D eigenvalue weighted by Crippen LogP contribution is -2.20. The number of methoxy groups -OCH3 is 1. The molecule has 0 aliphatic rings. The van der Waals surface area contributed by atoms with Gasteiger partial charge in [0.05, 0.1) is 40.8 Å². The second-order valence-electron chi connectivity index (χ2n) is 10.4. The van der Waals surface area contributed by atoms with Crippen LogP contribution in [-0.2, 0) is 6.61 Å². The van der Waals surface area contributed by atoms with Crippen molar-refractivity contribution in [2.45, 2.75) is 33.3 Å². The van der Waals surface area contributed by atoms with Crippen LogP contribution in [0, 0.1) is 28.4 Å². The summed E-state index contributed by atoms with van der Waals surface area (Å²) in [5, 5.41) is 26.2. The summed E-state index contributed by atoms with van der Waals surface area (Å²) in [6, 6.07) is 24.3. The number of rotatable bonds is 9. The maximum atomic E-state index is 13.7. The number of benzene rings is 4. The summed E-state index contributed by atoms with van der Waals surface area (Å²) < 4.78 is 12.6. The van der Waals surface area contributed by atoms with Crippen LogP contribution >= 0.6 is 0 Å². The minimum Gasteiger partial charge on any atom is -0.496 e. The third kappa shape index (κ3) is 5.89. The number of nitriles is 1. The van der Waals surface area contributed by atoms with Crippen LogP contribution in [0.4, 0.5) is 5.69 Å². The Bertz CT molecular complexity index is 2020. The van der Waals surface area contributed by atoms with E-state index in [2.05, 4.69) is 25.0 Å². The molecule has 0 unspecified atom stereocenters. The molecule has 0 N–H and O–H groups in total. The zero-order valence-electron chi connectivity index (χ0n) is 24.6. The van der Waals surface area contributed by atoms with Crippen molar-refractivity contribution in [1.82, 2.24) is 9.66 Å². The number of para-hydroxylation sites is 1. The average molecular weight is 588 g/mol. The van der Waals surface area contributed by atoms with E-state index in [1.165, 1.54) is 23.0 Å². The van der Waals surface area contributed by atoms with Gasteiger partial charge in [-0.05, 0) is 66.4 Å². The van der Waals surface area contributed by atoms with Gasteiger partial charge in [0.2, 0.25) is 0 Å². The number of ether oxygens (including phenoxy) is 2. The normalized spacial score (nSPS) is 11.2. The van der Waals surface area contributed by atoms with Gasteiger partial charge in [0.25, 0.3) is 5.56 Å². The van der Waals surface area contributed by atoms with Crippen LogP contribution in [0.15, 0.2) is 88.8 Å². The molecular weight excluding hydrogens is 558 g/mol. The number of hydrogen-bond acceptors (Lipinski definition) is 8. The number of fused-ring (bicyclic) bond motifs is 1. The van der Waals surface area contributed by atoms with Gasteiger partial charge in [0.1, 0.15) is 12.4 Å². The summed E-state index contributed by atoms with van der Waals surface area (Å²) in [7, 11) is 1.62. The molecule has 4 aromatic carbocycles. The van der Waals surface area contributed by atoms with E-state index < -0.39 is 4.92 Å². The Kier molecular flexibility index (Phi) is 8.49. The van der Waals surface area contributed by atoms with Crippen molar-refractivity contribution in [2.24, 2.45) is 5.10 Å². The molecule has 0 atom stereocenters. The first kappa shape index (κ1) is 29.7. The highest BCUT2D eigenvalue weighted by molar-refractivity contribution is 5.83. The first-order valence-corrected chi connectivity index (χ1v) is 13.9. The predicted octanol–water partition coefficient (Wildman–Crippen LogP) is 6.75. The monoisotopic (exact) mass is 587 g/mol. The standard InChI is InChI=1S/C34H29N5O5/c1-21(2)27-17-28(22(3)15-32(27)43-4)33-37-29-12-8-7-11-26(29)34(40)38(33)36-19-23-13-14-31(30(16-23)39(41)42)44-20-25-10-6-5-9-24(25)18-35/h5-17,19,21H,20H2,1-4H3. The smallest absolute Gasteiger partial charge is 0.311 e. The minimum absolute atomic E-state index is 0.0148. The number of aromatic nitrogens is 2. The second-order valence-corrected chi connectivity index (χ2v) is 10.4. The molecule has 0 spiro atoms. The molecule has 10 heteroatoms. The van der Waals surface area contributed by atoms with Gasteiger partial charge >= 0.3 is 5.69 Å². The third-order valence-electron chi connectivity index (χ3n) is 7.22. The molecule has 0 saturated carbocycles. The molecule has 0 aliphatic heterocycles.